The van der Waals surface area contributed by atoms with Crippen LogP contribution in [0.4, 0.5) is 4.39 Å². The summed E-state index contributed by atoms with van der Waals surface area (Å²) < 4.78 is 14.7. The minimum Gasteiger partial charge on any atom is -0.345 e. The van der Waals surface area contributed by atoms with Crippen molar-refractivity contribution in [2.75, 3.05) is 0 Å². The van der Waals surface area contributed by atoms with Crippen LogP contribution in [0, 0.1) is 5.82 Å². The summed E-state index contributed by atoms with van der Waals surface area (Å²) in [7, 11) is 0. The Morgan fingerprint density at radius 1 is 0.862 bits per heavy atom. The van der Waals surface area contributed by atoms with E-state index in [4.69, 9.17) is 0 Å². The second-order valence-electron chi connectivity index (χ2n) is 6.57. The van der Waals surface area contributed by atoms with Crippen molar-refractivity contribution in [3.05, 3.63) is 114 Å². The highest BCUT2D eigenvalue weighted by molar-refractivity contribution is 5.90. The van der Waals surface area contributed by atoms with Gasteiger partial charge in [-0.1, -0.05) is 60.7 Å². The van der Waals surface area contributed by atoms with Gasteiger partial charge in [-0.05, 0) is 35.4 Å². The third-order valence-electron chi connectivity index (χ3n) is 4.45. The molecule has 0 saturated carbocycles. The Balaban J connectivity index is 1.58. The van der Waals surface area contributed by atoms with Crippen molar-refractivity contribution in [2.45, 2.75) is 13.0 Å². The zero-order valence-electron chi connectivity index (χ0n) is 15.6. The highest BCUT2D eigenvalue weighted by atomic mass is 19.1. The summed E-state index contributed by atoms with van der Waals surface area (Å²) in [6.45, 7) is 0.271. The maximum atomic E-state index is 13.0. The summed E-state index contributed by atoms with van der Waals surface area (Å²) in [5, 5.41) is 7.23. The van der Waals surface area contributed by atoms with Crippen LogP contribution in [0.25, 0.3) is 5.69 Å². The van der Waals surface area contributed by atoms with E-state index in [-0.39, 0.29) is 24.1 Å². The summed E-state index contributed by atoms with van der Waals surface area (Å²) in [6, 6.07) is 25.5. The molecule has 29 heavy (non-hydrogen) atoms. The van der Waals surface area contributed by atoms with Gasteiger partial charge in [0, 0.05) is 13.0 Å². The number of aromatic nitrogens is 3. The maximum Gasteiger partial charge on any atom is 0.291 e. The number of amides is 1. The van der Waals surface area contributed by atoms with Crippen molar-refractivity contribution in [3.8, 4) is 5.69 Å². The molecule has 5 nitrogen and oxygen atoms in total. The number of nitrogens with zero attached hydrogens (tertiary/aromatic N) is 3. The van der Waals surface area contributed by atoms with Crippen molar-refractivity contribution in [2.24, 2.45) is 0 Å². The molecule has 1 heterocycles. The summed E-state index contributed by atoms with van der Waals surface area (Å²) in [5.41, 5.74) is 2.71. The lowest BCUT2D eigenvalue weighted by Crippen LogP contribution is -2.24. The van der Waals surface area contributed by atoms with Crippen molar-refractivity contribution in [1.82, 2.24) is 20.1 Å². The average molecular weight is 386 g/mol. The van der Waals surface area contributed by atoms with Crippen LogP contribution in [0.2, 0.25) is 0 Å². The van der Waals surface area contributed by atoms with Crippen LogP contribution >= 0.6 is 0 Å². The molecule has 6 heteroatoms. The maximum absolute atomic E-state index is 13.0. The fourth-order valence-electron chi connectivity index (χ4n) is 2.97. The van der Waals surface area contributed by atoms with Gasteiger partial charge in [-0.2, -0.15) is 0 Å². The van der Waals surface area contributed by atoms with Crippen LogP contribution in [-0.4, -0.2) is 20.7 Å². The number of hydrogen-bond acceptors (Lipinski definition) is 3. The number of benzene rings is 3. The SMILES string of the molecule is O=C(NCc1ccc(F)cc1)c1nc(Cc2ccccc2)n(-c2ccccc2)n1. The fourth-order valence-corrected chi connectivity index (χ4v) is 2.97. The lowest BCUT2D eigenvalue weighted by Gasteiger charge is -2.05. The molecule has 3 aromatic carbocycles. The zero-order valence-corrected chi connectivity index (χ0v) is 15.6. The molecule has 1 aromatic heterocycles. The molecule has 0 aliphatic rings. The average Bonchev–Trinajstić information content (AvgIpc) is 3.18. The highest BCUT2D eigenvalue weighted by Gasteiger charge is 2.17. The van der Waals surface area contributed by atoms with Gasteiger partial charge in [0.2, 0.25) is 5.82 Å². The van der Waals surface area contributed by atoms with Gasteiger partial charge in [0.15, 0.2) is 0 Å². The van der Waals surface area contributed by atoms with Gasteiger partial charge in [0.25, 0.3) is 5.91 Å². The third-order valence-corrected chi connectivity index (χ3v) is 4.45. The normalized spacial score (nSPS) is 10.7. The Hall–Kier alpha value is -3.80. The van der Waals surface area contributed by atoms with E-state index in [0.29, 0.717) is 12.2 Å². The fraction of sp³-hybridized carbons (Fsp3) is 0.0870. The number of carbonyl (C=O) groups is 1. The first-order valence-electron chi connectivity index (χ1n) is 9.27. The molecule has 0 unspecified atom stereocenters. The van der Waals surface area contributed by atoms with E-state index in [2.05, 4.69) is 15.4 Å². The topological polar surface area (TPSA) is 59.8 Å². The lowest BCUT2D eigenvalue weighted by molar-refractivity contribution is 0.0940. The molecule has 0 spiro atoms. The van der Waals surface area contributed by atoms with Crippen molar-refractivity contribution in [3.63, 3.8) is 0 Å². The second kappa shape index (κ2) is 8.48. The zero-order chi connectivity index (χ0) is 20.1. The summed E-state index contributed by atoms with van der Waals surface area (Å²) in [6.07, 6.45) is 0.550. The van der Waals surface area contributed by atoms with Crippen LogP contribution < -0.4 is 5.32 Å². The number of carbonyl (C=O) groups excluding carboxylic acids is 1. The van der Waals surface area contributed by atoms with Crippen molar-refractivity contribution < 1.29 is 9.18 Å². The molecule has 1 N–H and O–H groups in total. The van der Waals surface area contributed by atoms with E-state index in [1.54, 1.807) is 16.8 Å². The van der Waals surface area contributed by atoms with Gasteiger partial charge in [-0.25, -0.2) is 14.1 Å². The van der Waals surface area contributed by atoms with Gasteiger partial charge < -0.3 is 5.32 Å². The monoisotopic (exact) mass is 386 g/mol. The van der Waals surface area contributed by atoms with E-state index < -0.39 is 0 Å². The van der Waals surface area contributed by atoms with E-state index in [1.807, 2.05) is 60.7 Å². The van der Waals surface area contributed by atoms with Gasteiger partial charge in [0.05, 0.1) is 5.69 Å². The molecule has 1 amide bonds. The van der Waals surface area contributed by atoms with E-state index in [0.717, 1.165) is 16.8 Å². The minimum atomic E-state index is -0.377. The summed E-state index contributed by atoms with van der Waals surface area (Å²) in [5.74, 6) is 0.0865. The number of halogens is 1. The Bertz CT molecular complexity index is 1090. The number of para-hydroxylation sites is 1. The molecule has 0 bridgehead atoms. The quantitative estimate of drug-likeness (QED) is 0.546. The van der Waals surface area contributed by atoms with Crippen LogP contribution in [-0.2, 0) is 13.0 Å². The number of nitrogens with one attached hydrogen (secondary N) is 1. The third kappa shape index (κ3) is 4.55. The first-order valence-corrected chi connectivity index (χ1v) is 9.27. The molecule has 0 aliphatic carbocycles. The lowest BCUT2D eigenvalue weighted by atomic mass is 10.1. The Kier molecular flexibility index (Phi) is 5.42. The van der Waals surface area contributed by atoms with Crippen molar-refractivity contribution in [1.29, 1.82) is 0 Å². The number of hydrogen-bond donors (Lipinski definition) is 1. The van der Waals surface area contributed by atoms with Crippen molar-refractivity contribution >= 4 is 5.91 Å². The molecule has 144 valence electrons. The highest BCUT2D eigenvalue weighted by Crippen LogP contribution is 2.14. The molecule has 0 radical (unpaired) electrons. The predicted octanol–water partition coefficient (Wildman–Crippen LogP) is 3.93. The Morgan fingerprint density at radius 3 is 2.21 bits per heavy atom. The second-order valence-corrected chi connectivity index (χ2v) is 6.57. The first-order chi connectivity index (χ1) is 14.2. The summed E-state index contributed by atoms with van der Waals surface area (Å²) >= 11 is 0. The van der Waals surface area contributed by atoms with Crippen LogP contribution in [0.1, 0.15) is 27.6 Å². The van der Waals surface area contributed by atoms with E-state index in [9.17, 15) is 9.18 Å². The Morgan fingerprint density at radius 2 is 1.52 bits per heavy atom. The molecular weight excluding hydrogens is 367 g/mol. The predicted molar refractivity (Wildman–Crippen MR) is 108 cm³/mol. The molecule has 0 aliphatic heterocycles. The van der Waals surface area contributed by atoms with Gasteiger partial charge in [-0.3, -0.25) is 4.79 Å². The molecule has 0 saturated heterocycles. The molecule has 4 rings (SSSR count). The molecule has 0 atom stereocenters. The van der Waals surface area contributed by atoms with E-state index in [1.165, 1.54) is 12.1 Å². The standard InChI is InChI=1S/C23H19FN4O/c24-19-13-11-18(12-14-19)16-25-23(29)22-26-21(15-17-7-3-1-4-8-17)28(27-22)20-9-5-2-6-10-20/h1-14H,15-16H2,(H,25,29). The van der Waals surface area contributed by atoms with Gasteiger partial charge in [-0.15, -0.1) is 5.10 Å². The van der Waals surface area contributed by atoms with Crippen LogP contribution in [0.5, 0.6) is 0 Å². The van der Waals surface area contributed by atoms with Gasteiger partial charge in [0.1, 0.15) is 11.6 Å². The Labute approximate surface area is 167 Å². The largest absolute Gasteiger partial charge is 0.345 e. The van der Waals surface area contributed by atoms with Gasteiger partial charge >= 0.3 is 0 Å². The smallest absolute Gasteiger partial charge is 0.291 e. The minimum absolute atomic E-state index is 0.0990. The number of rotatable bonds is 6. The summed E-state index contributed by atoms with van der Waals surface area (Å²) in [4.78, 5) is 17.1. The molecule has 0 fully saturated rings. The van der Waals surface area contributed by atoms with Crippen LogP contribution in [0.3, 0.4) is 0 Å². The first kappa shape index (κ1) is 18.6. The molecule has 4 aromatic rings. The van der Waals surface area contributed by atoms with Crippen LogP contribution in [0.15, 0.2) is 84.9 Å². The van der Waals surface area contributed by atoms with E-state index >= 15 is 0 Å². The molecular formula is C23H19FN4O.